The molecule has 0 aliphatic heterocycles. The summed E-state index contributed by atoms with van der Waals surface area (Å²) in [4.78, 5) is 38.8. The number of hydrogen-bond donors (Lipinski definition) is 1. The van der Waals surface area contributed by atoms with Crippen LogP contribution in [0.1, 0.15) is 93.3 Å². The topological polar surface area (TPSA) is 77.4 Å². The van der Waals surface area contributed by atoms with E-state index in [0.717, 1.165) is 49.8 Å². The summed E-state index contributed by atoms with van der Waals surface area (Å²) in [6, 6.07) is 1.02. The molecule has 0 bridgehead atoms. The summed E-state index contributed by atoms with van der Waals surface area (Å²) in [5, 5.41) is 2.76. The molecule has 1 aromatic heterocycles. The molecule has 1 amide bonds. The van der Waals surface area contributed by atoms with Gasteiger partial charge in [0.05, 0.1) is 7.11 Å². The summed E-state index contributed by atoms with van der Waals surface area (Å²) in [6.07, 6.45) is 12.3. The average Bonchev–Trinajstić information content (AvgIpc) is 2.74. The van der Waals surface area contributed by atoms with Gasteiger partial charge in [-0.1, -0.05) is 46.0 Å². The van der Waals surface area contributed by atoms with Crippen LogP contribution in [0.5, 0.6) is 0 Å². The number of methoxy groups -OCH3 is 1. The van der Waals surface area contributed by atoms with Crippen molar-refractivity contribution in [3.63, 3.8) is 0 Å². The van der Waals surface area contributed by atoms with Crippen LogP contribution in [0.25, 0.3) is 0 Å². The SMILES string of the molecule is COC(=O)[C@@H](NC(=O)c1cc2c(n(CC3CCCCC3)c1=O)CCCCCC2)C(C)C. The minimum absolute atomic E-state index is 0.134. The van der Waals surface area contributed by atoms with Crippen molar-refractivity contribution in [2.45, 2.75) is 97.1 Å². The fourth-order valence-corrected chi connectivity index (χ4v) is 5.06. The van der Waals surface area contributed by atoms with Gasteiger partial charge < -0.3 is 14.6 Å². The highest BCUT2D eigenvalue weighted by atomic mass is 16.5. The van der Waals surface area contributed by atoms with Crippen molar-refractivity contribution in [3.8, 4) is 0 Å². The van der Waals surface area contributed by atoms with Gasteiger partial charge in [-0.25, -0.2) is 4.79 Å². The quantitative estimate of drug-likeness (QED) is 0.692. The number of ether oxygens (including phenoxy) is 1. The van der Waals surface area contributed by atoms with Crippen LogP contribution in [0.2, 0.25) is 0 Å². The fraction of sp³-hybridized carbons (Fsp3) is 0.720. The molecule has 31 heavy (non-hydrogen) atoms. The summed E-state index contributed by atoms with van der Waals surface area (Å²) in [5.74, 6) is -0.600. The number of nitrogens with one attached hydrogen (secondary N) is 1. The third-order valence-corrected chi connectivity index (χ3v) is 6.92. The number of aryl methyl sites for hydroxylation is 1. The van der Waals surface area contributed by atoms with Crippen LogP contribution in [0, 0.1) is 11.8 Å². The first kappa shape index (κ1) is 23.6. The van der Waals surface area contributed by atoms with Crippen molar-refractivity contribution in [2.75, 3.05) is 7.11 Å². The van der Waals surface area contributed by atoms with E-state index in [1.54, 1.807) is 6.07 Å². The Kier molecular flexibility index (Phi) is 8.33. The molecule has 172 valence electrons. The van der Waals surface area contributed by atoms with Crippen molar-refractivity contribution in [1.82, 2.24) is 9.88 Å². The van der Waals surface area contributed by atoms with Crippen LogP contribution in [0.15, 0.2) is 10.9 Å². The van der Waals surface area contributed by atoms with E-state index in [1.807, 2.05) is 18.4 Å². The molecule has 1 heterocycles. The zero-order valence-electron chi connectivity index (χ0n) is 19.4. The van der Waals surface area contributed by atoms with Gasteiger partial charge in [-0.05, 0) is 62.0 Å². The van der Waals surface area contributed by atoms with E-state index < -0.39 is 17.9 Å². The van der Waals surface area contributed by atoms with E-state index >= 15 is 0 Å². The Morgan fingerprint density at radius 3 is 2.35 bits per heavy atom. The Bertz CT molecular complexity index is 837. The molecular formula is C25H38N2O4. The zero-order chi connectivity index (χ0) is 22.4. The summed E-state index contributed by atoms with van der Waals surface area (Å²) in [6.45, 7) is 4.40. The van der Waals surface area contributed by atoms with E-state index in [0.29, 0.717) is 12.5 Å². The van der Waals surface area contributed by atoms with E-state index in [-0.39, 0.29) is 17.0 Å². The molecule has 1 aromatic rings. The third-order valence-electron chi connectivity index (χ3n) is 6.92. The highest BCUT2D eigenvalue weighted by Gasteiger charge is 2.28. The number of esters is 1. The van der Waals surface area contributed by atoms with Crippen molar-refractivity contribution in [1.29, 1.82) is 0 Å². The molecule has 6 nitrogen and oxygen atoms in total. The maximum Gasteiger partial charge on any atom is 0.328 e. The second-order valence-corrected chi connectivity index (χ2v) is 9.58. The molecule has 1 N–H and O–H groups in total. The van der Waals surface area contributed by atoms with Gasteiger partial charge in [-0.3, -0.25) is 9.59 Å². The summed E-state index contributed by atoms with van der Waals surface area (Å²) in [7, 11) is 1.31. The molecule has 2 aliphatic rings. The van der Waals surface area contributed by atoms with Crippen molar-refractivity contribution >= 4 is 11.9 Å². The molecule has 1 fully saturated rings. The van der Waals surface area contributed by atoms with E-state index in [4.69, 9.17) is 4.74 Å². The maximum atomic E-state index is 13.5. The second kappa shape index (κ2) is 11.0. The Labute approximate surface area is 185 Å². The molecule has 1 saturated carbocycles. The molecule has 0 unspecified atom stereocenters. The first-order chi connectivity index (χ1) is 14.9. The summed E-state index contributed by atoms with van der Waals surface area (Å²) >= 11 is 0. The lowest BCUT2D eigenvalue weighted by Crippen LogP contribution is -2.47. The normalized spacial score (nSPS) is 18.6. The van der Waals surface area contributed by atoms with Gasteiger partial charge >= 0.3 is 5.97 Å². The fourth-order valence-electron chi connectivity index (χ4n) is 5.06. The molecule has 1 atom stereocenters. The van der Waals surface area contributed by atoms with Crippen LogP contribution >= 0.6 is 0 Å². The molecule has 6 heteroatoms. The number of amides is 1. The number of nitrogens with zero attached hydrogens (tertiary/aromatic N) is 1. The number of fused-ring (bicyclic) bond motifs is 1. The monoisotopic (exact) mass is 430 g/mol. The van der Waals surface area contributed by atoms with Gasteiger partial charge in [0, 0.05) is 12.2 Å². The second-order valence-electron chi connectivity index (χ2n) is 9.58. The van der Waals surface area contributed by atoms with Gasteiger partial charge in [0.1, 0.15) is 11.6 Å². The summed E-state index contributed by atoms with van der Waals surface area (Å²) < 4.78 is 6.76. The largest absolute Gasteiger partial charge is 0.467 e. The van der Waals surface area contributed by atoms with E-state index in [2.05, 4.69) is 5.32 Å². The van der Waals surface area contributed by atoms with Crippen LogP contribution in [-0.4, -0.2) is 29.6 Å². The van der Waals surface area contributed by atoms with E-state index in [9.17, 15) is 14.4 Å². The lowest BCUT2D eigenvalue weighted by Gasteiger charge is -2.27. The van der Waals surface area contributed by atoms with Crippen LogP contribution in [0.3, 0.4) is 0 Å². The Morgan fingerprint density at radius 1 is 1.06 bits per heavy atom. The van der Waals surface area contributed by atoms with Crippen LogP contribution in [-0.2, 0) is 28.9 Å². The molecular weight excluding hydrogens is 392 g/mol. The Hall–Kier alpha value is -2.11. The standard InChI is InChI=1S/C25H38N2O4/c1-17(2)22(25(30)31-3)26-23(28)20-15-19-13-9-4-5-10-14-21(19)27(24(20)29)16-18-11-7-6-8-12-18/h15,17-18,22H,4-14,16H2,1-3H3,(H,26,28)/t22-/m0/s1. The number of aromatic nitrogens is 1. The number of hydrogen-bond acceptors (Lipinski definition) is 4. The number of carbonyl (C=O) groups is 2. The zero-order valence-corrected chi connectivity index (χ0v) is 19.4. The van der Waals surface area contributed by atoms with Gasteiger partial charge in [-0.2, -0.15) is 0 Å². The Balaban J connectivity index is 1.98. The van der Waals surface area contributed by atoms with Gasteiger partial charge in [0.15, 0.2) is 0 Å². The first-order valence-electron chi connectivity index (χ1n) is 12.1. The average molecular weight is 431 g/mol. The van der Waals surface area contributed by atoms with E-state index in [1.165, 1.54) is 39.2 Å². The number of carbonyl (C=O) groups excluding carboxylic acids is 2. The Morgan fingerprint density at radius 2 is 1.71 bits per heavy atom. The van der Waals surface area contributed by atoms with Gasteiger partial charge in [0.2, 0.25) is 0 Å². The lowest BCUT2D eigenvalue weighted by atomic mass is 9.88. The molecule has 0 saturated heterocycles. The van der Waals surface area contributed by atoms with Crippen molar-refractivity contribution in [2.24, 2.45) is 11.8 Å². The minimum Gasteiger partial charge on any atom is -0.467 e. The molecule has 0 spiro atoms. The molecule has 0 radical (unpaired) electrons. The number of rotatable bonds is 6. The predicted octanol–water partition coefficient (Wildman–Crippen LogP) is 4.02. The third kappa shape index (κ3) is 5.78. The van der Waals surface area contributed by atoms with Crippen molar-refractivity contribution in [3.05, 3.63) is 33.2 Å². The molecule has 0 aromatic carbocycles. The minimum atomic E-state index is -0.772. The highest BCUT2D eigenvalue weighted by Crippen LogP contribution is 2.27. The van der Waals surface area contributed by atoms with Gasteiger partial charge in [0.25, 0.3) is 11.5 Å². The highest BCUT2D eigenvalue weighted by molar-refractivity contribution is 5.96. The predicted molar refractivity (Wildman–Crippen MR) is 121 cm³/mol. The number of pyridine rings is 1. The molecule has 3 rings (SSSR count). The lowest BCUT2D eigenvalue weighted by molar-refractivity contribution is -0.144. The van der Waals surface area contributed by atoms with Gasteiger partial charge in [-0.15, -0.1) is 0 Å². The first-order valence-corrected chi connectivity index (χ1v) is 12.1. The maximum absolute atomic E-state index is 13.5. The van der Waals surface area contributed by atoms with Crippen LogP contribution in [0.4, 0.5) is 0 Å². The summed E-state index contributed by atoms with van der Waals surface area (Å²) in [5.41, 5.74) is 2.19. The van der Waals surface area contributed by atoms with Crippen molar-refractivity contribution < 1.29 is 14.3 Å². The smallest absolute Gasteiger partial charge is 0.328 e. The van der Waals surface area contributed by atoms with Crippen LogP contribution < -0.4 is 10.9 Å². The molecule has 2 aliphatic carbocycles.